The number of hydrogen-bond donors (Lipinski definition) is 1. The average molecular weight is 610 g/mol. The lowest BCUT2D eigenvalue weighted by atomic mass is 9.94. The lowest BCUT2D eigenvalue weighted by Gasteiger charge is -2.42. The number of allylic oxidation sites excluding steroid dienone is 6. The van der Waals surface area contributed by atoms with Crippen molar-refractivity contribution in [2.75, 3.05) is 29.6 Å². The number of aromatic nitrogens is 4. The van der Waals surface area contributed by atoms with E-state index in [2.05, 4.69) is 15.0 Å². The van der Waals surface area contributed by atoms with Gasteiger partial charge in [0, 0.05) is 25.7 Å². The molecule has 2 aliphatic heterocycles. The standard InChI is InChI=1S/C30H33F2N7O5/c1-15-8-9-20(31)22(25(15)40)24-21(32)12-19-26(37-11-10-36(13-16(37)2)29(42)44-30(5,6)7)35-28(41)38(27(19)39(24)43)23-17(3)33-14-34-18(23)4/h8-9,12,14,16,43H,10-11,13H2,1-7H3/b24-22-/t16-/m0/s1. The normalized spacial score (nSPS) is 20.7. The predicted molar refractivity (Wildman–Crippen MR) is 158 cm³/mol. The summed E-state index contributed by atoms with van der Waals surface area (Å²) in [5.41, 5.74) is -1.99. The minimum absolute atomic E-state index is 0.00548. The molecule has 1 atom stereocenters. The number of fused-ring (bicyclic) bond motifs is 1. The molecule has 3 aliphatic rings. The number of ketones is 1. The summed E-state index contributed by atoms with van der Waals surface area (Å²) in [6, 6.07) is -0.414. The highest BCUT2D eigenvalue weighted by Gasteiger charge is 2.39. The van der Waals surface area contributed by atoms with Crippen molar-refractivity contribution in [2.45, 2.75) is 60.1 Å². The quantitative estimate of drug-likeness (QED) is 0.493. The molecule has 1 N–H and O–H groups in total. The minimum Gasteiger partial charge on any atom is -0.444 e. The molecule has 0 saturated carbocycles. The van der Waals surface area contributed by atoms with E-state index in [1.807, 2.05) is 0 Å². The van der Waals surface area contributed by atoms with E-state index in [1.54, 1.807) is 46.4 Å². The van der Waals surface area contributed by atoms with E-state index in [9.17, 15) is 19.6 Å². The number of carbonyl (C=O) groups is 2. The van der Waals surface area contributed by atoms with Crippen molar-refractivity contribution in [3.63, 3.8) is 0 Å². The summed E-state index contributed by atoms with van der Waals surface area (Å²) in [4.78, 5) is 55.5. The number of rotatable bonds is 2. The molecule has 5 rings (SSSR count). The highest BCUT2D eigenvalue weighted by atomic mass is 19.1. The Bertz CT molecular complexity index is 1750. The Labute approximate surface area is 252 Å². The topological polar surface area (TPSA) is 134 Å². The van der Waals surface area contributed by atoms with Crippen molar-refractivity contribution < 1.29 is 28.3 Å². The molecule has 1 aliphatic carbocycles. The largest absolute Gasteiger partial charge is 0.444 e. The summed E-state index contributed by atoms with van der Waals surface area (Å²) in [5, 5.41) is 11.9. The lowest BCUT2D eigenvalue weighted by molar-refractivity contribution is -0.112. The molecule has 0 spiro atoms. The monoisotopic (exact) mass is 609 g/mol. The lowest BCUT2D eigenvalue weighted by Crippen LogP contribution is -2.55. The Morgan fingerprint density at radius 1 is 1.05 bits per heavy atom. The van der Waals surface area contributed by atoms with Crippen LogP contribution in [-0.4, -0.2) is 72.8 Å². The third-order valence-electron chi connectivity index (χ3n) is 7.50. The molecule has 1 fully saturated rings. The summed E-state index contributed by atoms with van der Waals surface area (Å²) in [6.45, 7) is 12.4. The first kappa shape index (κ1) is 30.7. The second kappa shape index (κ2) is 11.1. The Morgan fingerprint density at radius 3 is 2.32 bits per heavy atom. The summed E-state index contributed by atoms with van der Waals surface area (Å²) < 4.78 is 37.6. The number of amides is 1. The van der Waals surface area contributed by atoms with Gasteiger partial charge in [-0.3, -0.25) is 10.0 Å². The Hall–Kier alpha value is -4.72. The molecular weight excluding hydrogens is 576 g/mol. The zero-order chi connectivity index (χ0) is 32.2. The second-order valence-electron chi connectivity index (χ2n) is 11.9. The number of hydrogen-bond acceptors (Lipinski definition) is 10. The van der Waals surface area contributed by atoms with Crippen LogP contribution in [0.1, 0.15) is 51.6 Å². The Balaban J connectivity index is 1.71. The fraction of sp³-hybridized carbons (Fsp3) is 0.400. The molecular formula is C30H33F2N7O5. The maximum atomic E-state index is 16.0. The fourth-order valence-electron chi connectivity index (χ4n) is 5.46. The maximum absolute atomic E-state index is 16.0. The van der Waals surface area contributed by atoms with Gasteiger partial charge in [0.2, 0.25) is 0 Å². The summed E-state index contributed by atoms with van der Waals surface area (Å²) in [6.07, 6.45) is 4.08. The summed E-state index contributed by atoms with van der Waals surface area (Å²) in [5.74, 6) is -3.24. The van der Waals surface area contributed by atoms with Crippen molar-refractivity contribution in [1.29, 1.82) is 0 Å². The van der Waals surface area contributed by atoms with Gasteiger partial charge < -0.3 is 14.5 Å². The van der Waals surface area contributed by atoms with Gasteiger partial charge >= 0.3 is 11.8 Å². The fourth-order valence-corrected chi connectivity index (χ4v) is 5.46. The molecule has 0 radical (unpaired) electrons. The number of nitrogens with zero attached hydrogens (tertiary/aromatic N) is 7. The van der Waals surface area contributed by atoms with E-state index in [-0.39, 0.29) is 48.1 Å². The number of carbonyl (C=O) groups excluding carboxylic acids is 2. The molecule has 12 nitrogen and oxygen atoms in total. The van der Waals surface area contributed by atoms with Crippen molar-refractivity contribution in [3.05, 3.63) is 74.4 Å². The Morgan fingerprint density at radius 2 is 1.70 bits per heavy atom. The molecule has 2 aromatic rings. The highest BCUT2D eigenvalue weighted by molar-refractivity contribution is 6.13. The second-order valence-corrected chi connectivity index (χ2v) is 11.9. The number of aryl methyl sites for hydroxylation is 2. The van der Waals surface area contributed by atoms with Crippen LogP contribution in [0.25, 0.3) is 11.8 Å². The molecule has 0 unspecified atom stereocenters. The van der Waals surface area contributed by atoms with E-state index in [1.165, 1.54) is 24.2 Å². The van der Waals surface area contributed by atoms with Gasteiger partial charge in [0.1, 0.15) is 29.3 Å². The van der Waals surface area contributed by atoms with Crippen LogP contribution in [0.5, 0.6) is 0 Å². The molecule has 2 aromatic heterocycles. The minimum atomic E-state index is -1.12. The van der Waals surface area contributed by atoms with Gasteiger partial charge in [0.25, 0.3) is 0 Å². The number of hydroxylamine groups is 1. The SMILES string of the molecule is CC1=CC=C(F)/C(=C2\C(F)=Cc3c(N4CCN(C(=O)OC(C)(C)C)C[C@@H]4C)nc(=O)n(-c4c(C)ncnc4C)c3N2O)C1=O. The van der Waals surface area contributed by atoms with E-state index in [0.29, 0.717) is 16.5 Å². The number of Topliss-reactive ketones (excluding diaryl/α,β-unsaturated/α-hetero) is 1. The van der Waals surface area contributed by atoms with E-state index in [4.69, 9.17) is 4.74 Å². The average Bonchev–Trinajstić information content (AvgIpc) is 2.92. The van der Waals surface area contributed by atoms with Gasteiger partial charge in [0.15, 0.2) is 17.4 Å². The van der Waals surface area contributed by atoms with Gasteiger partial charge in [-0.15, -0.1) is 0 Å². The van der Waals surface area contributed by atoms with Gasteiger partial charge in [-0.1, -0.05) is 6.08 Å². The molecule has 4 heterocycles. The van der Waals surface area contributed by atoms with Crippen molar-refractivity contribution in [1.82, 2.24) is 24.4 Å². The van der Waals surface area contributed by atoms with Crippen LogP contribution < -0.4 is 15.7 Å². The first-order chi connectivity index (χ1) is 20.6. The third kappa shape index (κ3) is 5.29. The van der Waals surface area contributed by atoms with Crippen molar-refractivity contribution >= 4 is 29.6 Å². The van der Waals surface area contributed by atoms with E-state index >= 15 is 8.78 Å². The first-order valence-electron chi connectivity index (χ1n) is 14.0. The number of piperazine rings is 1. The van der Waals surface area contributed by atoms with Crippen LogP contribution in [0, 0.1) is 13.8 Å². The highest BCUT2D eigenvalue weighted by Crippen LogP contribution is 2.43. The van der Waals surface area contributed by atoms with E-state index in [0.717, 1.165) is 16.7 Å². The smallest absolute Gasteiger partial charge is 0.410 e. The van der Waals surface area contributed by atoms with Crippen LogP contribution in [0.3, 0.4) is 0 Å². The zero-order valence-corrected chi connectivity index (χ0v) is 25.5. The van der Waals surface area contributed by atoms with Gasteiger partial charge in [-0.2, -0.15) is 4.98 Å². The first-order valence-corrected chi connectivity index (χ1v) is 14.0. The summed E-state index contributed by atoms with van der Waals surface area (Å²) in [7, 11) is 0. The molecule has 44 heavy (non-hydrogen) atoms. The van der Waals surface area contributed by atoms with Crippen LogP contribution in [0.4, 0.5) is 25.2 Å². The van der Waals surface area contributed by atoms with Gasteiger partial charge in [-0.25, -0.2) is 38.0 Å². The number of halogens is 2. The van der Waals surface area contributed by atoms with Crippen molar-refractivity contribution in [2.24, 2.45) is 0 Å². The van der Waals surface area contributed by atoms with Crippen LogP contribution >= 0.6 is 0 Å². The molecule has 232 valence electrons. The Kier molecular flexibility index (Phi) is 7.74. The predicted octanol–water partition coefficient (Wildman–Crippen LogP) is 4.24. The van der Waals surface area contributed by atoms with Crippen LogP contribution in [0.15, 0.2) is 51.8 Å². The van der Waals surface area contributed by atoms with Gasteiger partial charge in [-0.05, 0) is 66.2 Å². The van der Waals surface area contributed by atoms with Crippen LogP contribution in [-0.2, 0) is 9.53 Å². The molecule has 1 amide bonds. The summed E-state index contributed by atoms with van der Waals surface area (Å²) >= 11 is 0. The number of ether oxygens (including phenoxy) is 1. The molecule has 0 bridgehead atoms. The molecule has 14 heteroatoms. The van der Waals surface area contributed by atoms with Crippen molar-refractivity contribution in [3.8, 4) is 5.69 Å². The van der Waals surface area contributed by atoms with Gasteiger partial charge in [0.05, 0.1) is 28.2 Å². The zero-order valence-electron chi connectivity index (χ0n) is 25.5. The maximum Gasteiger partial charge on any atom is 0.410 e. The third-order valence-corrected chi connectivity index (χ3v) is 7.50. The van der Waals surface area contributed by atoms with E-state index < -0.39 is 52.1 Å². The van der Waals surface area contributed by atoms with Crippen LogP contribution in [0.2, 0.25) is 0 Å². The molecule has 0 aromatic carbocycles. The number of anilines is 2. The molecule has 1 saturated heterocycles.